The molecular formula is C23H23FN2O3. The number of halogens is 1. The molecule has 1 aliphatic rings. The molecule has 0 saturated heterocycles. The van der Waals surface area contributed by atoms with Gasteiger partial charge < -0.3 is 14.4 Å². The Kier molecular flexibility index (Phi) is 6.18. The summed E-state index contributed by atoms with van der Waals surface area (Å²) in [5, 5.41) is 9.78. The van der Waals surface area contributed by atoms with Gasteiger partial charge in [0.25, 0.3) is 0 Å². The number of allylic oxidation sites excluding steroid dienone is 1. The van der Waals surface area contributed by atoms with Gasteiger partial charge in [0.05, 0.1) is 24.2 Å². The van der Waals surface area contributed by atoms with Crippen LogP contribution in [0, 0.1) is 17.1 Å². The van der Waals surface area contributed by atoms with Crippen LogP contribution in [0.2, 0.25) is 0 Å². The van der Waals surface area contributed by atoms with Crippen molar-refractivity contribution >= 4 is 5.97 Å². The minimum Gasteiger partial charge on any atom is -0.464 e. The second-order valence-electron chi connectivity index (χ2n) is 6.74. The maximum absolute atomic E-state index is 13.0. The zero-order valence-electron chi connectivity index (χ0n) is 16.7. The van der Waals surface area contributed by atoms with E-state index in [-0.39, 0.29) is 18.4 Å². The van der Waals surface area contributed by atoms with E-state index in [9.17, 15) is 14.4 Å². The van der Waals surface area contributed by atoms with E-state index in [2.05, 4.69) is 6.07 Å². The molecule has 0 saturated carbocycles. The van der Waals surface area contributed by atoms with E-state index in [1.165, 1.54) is 12.1 Å². The van der Waals surface area contributed by atoms with Crippen molar-refractivity contribution in [2.24, 2.45) is 0 Å². The second kappa shape index (κ2) is 8.78. The minimum atomic E-state index is -0.580. The predicted octanol–water partition coefficient (Wildman–Crippen LogP) is 4.77. The molecule has 1 aliphatic heterocycles. The molecule has 150 valence electrons. The van der Waals surface area contributed by atoms with Crippen molar-refractivity contribution in [1.82, 2.24) is 4.90 Å². The summed E-state index contributed by atoms with van der Waals surface area (Å²) in [6.07, 6.45) is 0.650. The van der Waals surface area contributed by atoms with Crippen molar-refractivity contribution in [2.45, 2.75) is 32.2 Å². The highest BCUT2D eigenvalue weighted by atomic mass is 19.1. The van der Waals surface area contributed by atoms with Crippen LogP contribution in [0.4, 0.5) is 4.39 Å². The lowest BCUT2D eigenvalue weighted by Crippen LogP contribution is -2.39. The van der Waals surface area contributed by atoms with Gasteiger partial charge in [-0.15, -0.1) is 0 Å². The molecule has 0 spiro atoms. The quantitative estimate of drug-likeness (QED) is 0.661. The summed E-state index contributed by atoms with van der Waals surface area (Å²) in [7, 11) is 1.82. The van der Waals surface area contributed by atoms with Gasteiger partial charge in [-0.05, 0) is 55.3 Å². The van der Waals surface area contributed by atoms with Crippen LogP contribution in [0.5, 0.6) is 11.5 Å². The van der Waals surface area contributed by atoms with E-state index in [4.69, 9.17) is 9.47 Å². The first-order chi connectivity index (χ1) is 14.0. The van der Waals surface area contributed by atoms with Crippen LogP contribution in [0.25, 0.3) is 0 Å². The SMILES string of the molecule is CCOC(=O)C1C(c2ccc(Oc3ccc(F)cc3)cc2)C(C#N)=C(CC)N1C. The van der Waals surface area contributed by atoms with Gasteiger partial charge >= 0.3 is 5.97 Å². The van der Waals surface area contributed by atoms with E-state index < -0.39 is 12.0 Å². The Morgan fingerprint density at radius 3 is 2.21 bits per heavy atom. The molecule has 29 heavy (non-hydrogen) atoms. The van der Waals surface area contributed by atoms with Crippen LogP contribution in [-0.4, -0.2) is 30.6 Å². The number of carbonyl (C=O) groups is 1. The number of carbonyl (C=O) groups excluding carboxylic acids is 1. The van der Waals surface area contributed by atoms with Crippen molar-refractivity contribution in [1.29, 1.82) is 5.26 Å². The lowest BCUT2D eigenvalue weighted by molar-refractivity contribution is -0.148. The Hall–Kier alpha value is -3.33. The highest BCUT2D eigenvalue weighted by Crippen LogP contribution is 2.42. The van der Waals surface area contributed by atoms with Gasteiger partial charge in [0.1, 0.15) is 23.4 Å². The molecule has 0 aromatic heterocycles. The normalized spacial score (nSPS) is 18.5. The van der Waals surface area contributed by atoms with Crippen molar-refractivity contribution in [3.8, 4) is 17.6 Å². The van der Waals surface area contributed by atoms with Crippen molar-refractivity contribution in [3.05, 3.63) is 71.2 Å². The fourth-order valence-corrected chi connectivity index (χ4v) is 3.75. The minimum absolute atomic E-state index is 0.281. The van der Waals surface area contributed by atoms with Crippen molar-refractivity contribution in [3.63, 3.8) is 0 Å². The number of nitriles is 1. The third kappa shape index (κ3) is 4.09. The van der Waals surface area contributed by atoms with Crippen molar-refractivity contribution in [2.75, 3.05) is 13.7 Å². The Morgan fingerprint density at radius 1 is 1.10 bits per heavy atom. The third-order valence-electron chi connectivity index (χ3n) is 5.05. The first-order valence-corrected chi connectivity index (χ1v) is 9.56. The van der Waals surface area contributed by atoms with E-state index >= 15 is 0 Å². The number of nitrogens with zero attached hydrogens (tertiary/aromatic N) is 2. The number of hydrogen-bond donors (Lipinski definition) is 0. The van der Waals surface area contributed by atoms with Crippen LogP contribution in [0.15, 0.2) is 59.8 Å². The summed E-state index contributed by atoms with van der Waals surface area (Å²) >= 11 is 0. The molecule has 0 amide bonds. The average molecular weight is 394 g/mol. The van der Waals surface area contributed by atoms with E-state index in [0.29, 0.717) is 23.5 Å². The van der Waals surface area contributed by atoms with Crippen molar-refractivity contribution < 1.29 is 18.7 Å². The topological polar surface area (TPSA) is 62.6 Å². The molecule has 3 rings (SSSR count). The Morgan fingerprint density at radius 2 is 1.69 bits per heavy atom. The molecule has 0 bridgehead atoms. The average Bonchev–Trinajstić information content (AvgIpc) is 3.02. The molecule has 5 nitrogen and oxygen atoms in total. The summed E-state index contributed by atoms with van der Waals surface area (Å²) in [6.45, 7) is 4.01. The summed E-state index contributed by atoms with van der Waals surface area (Å²) < 4.78 is 24.1. The van der Waals surface area contributed by atoms with Gasteiger partial charge in [-0.25, -0.2) is 9.18 Å². The standard InChI is InChI=1S/C23H23FN2O3/c1-4-20-19(14-25)21(22(26(20)3)23(27)28-5-2)15-6-10-17(11-7-15)29-18-12-8-16(24)9-13-18/h6-13,21-22H,4-5H2,1-3H3. The fourth-order valence-electron chi connectivity index (χ4n) is 3.75. The zero-order valence-corrected chi connectivity index (χ0v) is 16.7. The highest BCUT2D eigenvalue weighted by Gasteiger charge is 2.44. The molecule has 1 heterocycles. The number of esters is 1. The number of likely N-dealkylation sites (N-methyl/N-ethyl adjacent to an activating group) is 1. The van der Waals surface area contributed by atoms with Gasteiger partial charge in [-0.2, -0.15) is 5.26 Å². The monoisotopic (exact) mass is 394 g/mol. The highest BCUT2D eigenvalue weighted by molar-refractivity contribution is 5.80. The summed E-state index contributed by atoms with van der Waals surface area (Å²) in [5.74, 6) is 0.0277. The van der Waals surface area contributed by atoms with E-state index in [1.807, 2.05) is 31.0 Å². The molecule has 2 unspecified atom stereocenters. The summed E-state index contributed by atoms with van der Waals surface area (Å²) in [5.41, 5.74) is 2.27. The molecule has 2 atom stereocenters. The summed E-state index contributed by atoms with van der Waals surface area (Å²) in [4.78, 5) is 14.5. The summed E-state index contributed by atoms with van der Waals surface area (Å²) in [6, 6.07) is 14.7. The zero-order chi connectivity index (χ0) is 21.0. The molecule has 0 radical (unpaired) electrons. The molecule has 2 aromatic carbocycles. The van der Waals surface area contributed by atoms with Gasteiger partial charge in [0.15, 0.2) is 0 Å². The largest absolute Gasteiger partial charge is 0.464 e. The van der Waals surface area contributed by atoms with Crippen LogP contribution < -0.4 is 4.74 Å². The lowest BCUT2D eigenvalue weighted by atomic mass is 9.87. The van der Waals surface area contributed by atoms with Crippen LogP contribution >= 0.6 is 0 Å². The third-order valence-corrected chi connectivity index (χ3v) is 5.05. The number of ether oxygens (including phenoxy) is 2. The molecule has 0 fully saturated rings. The second-order valence-corrected chi connectivity index (χ2v) is 6.74. The smallest absolute Gasteiger partial charge is 0.329 e. The fraction of sp³-hybridized carbons (Fsp3) is 0.304. The molecular weight excluding hydrogens is 371 g/mol. The maximum Gasteiger partial charge on any atom is 0.329 e. The Bertz CT molecular complexity index is 946. The number of hydrogen-bond acceptors (Lipinski definition) is 5. The molecule has 6 heteroatoms. The van der Waals surface area contributed by atoms with Gasteiger partial charge in [0, 0.05) is 12.7 Å². The van der Waals surface area contributed by atoms with E-state index in [1.54, 1.807) is 31.2 Å². The lowest BCUT2D eigenvalue weighted by Gasteiger charge is -2.27. The van der Waals surface area contributed by atoms with Gasteiger partial charge in [0.2, 0.25) is 0 Å². The van der Waals surface area contributed by atoms with E-state index in [0.717, 1.165) is 11.3 Å². The first-order valence-electron chi connectivity index (χ1n) is 9.56. The Labute approximate surface area is 170 Å². The molecule has 0 aliphatic carbocycles. The number of benzene rings is 2. The van der Waals surface area contributed by atoms with Gasteiger partial charge in [-0.1, -0.05) is 19.1 Å². The Balaban J connectivity index is 1.91. The van der Waals surface area contributed by atoms with Crippen LogP contribution in [-0.2, 0) is 9.53 Å². The first kappa shape index (κ1) is 20.4. The van der Waals surface area contributed by atoms with Gasteiger partial charge in [-0.3, -0.25) is 0 Å². The molecule has 0 N–H and O–H groups in total. The molecule has 2 aromatic rings. The van der Waals surface area contributed by atoms with Crippen LogP contribution in [0.1, 0.15) is 31.7 Å². The predicted molar refractivity (Wildman–Crippen MR) is 107 cm³/mol. The van der Waals surface area contributed by atoms with Crippen LogP contribution in [0.3, 0.4) is 0 Å². The maximum atomic E-state index is 13.0. The number of rotatable bonds is 6.